The van der Waals surface area contributed by atoms with Gasteiger partial charge in [-0.3, -0.25) is 9.78 Å². The Bertz CT molecular complexity index is 985. The number of rotatable bonds is 3. The molecule has 4 nitrogen and oxygen atoms in total. The second-order valence-electron chi connectivity index (χ2n) is 6.07. The minimum Gasteiger partial charge on any atom is -0.332 e. The van der Waals surface area contributed by atoms with Crippen LogP contribution in [0.15, 0.2) is 61.1 Å². The first-order chi connectivity index (χ1) is 12.9. The lowest BCUT2D eigenvalue weighted by Crippen LogP contribution is -2.14. The molecule has 4 rings (SSSR count). The molecule has 1 unspecified atom stereocenters. The monoisotopic (exact) mass is 389 g/mol. The van der Waals surface area contributed by atoms with Crippen molar-refractivity contribution in [2.24, 2.45) is 0 Å². The fourth-order valence-electron chi connectivity index (χ4n) is 3.01. The zero-order valence-electron chi connectivity index (χ0n) is 13.9. The maximum Gasteiger partial charge on any atom is 0.416 e. The number of anilines is 1. The van der Waals surface area contributed by atoms with Crippen LogP contribution in [-0.4, -0.2) is 15.5 Å². The SMILES string of the molecule is O=C(Nc1ccn2c1CSC2c1cccnc1)c1cccc(C(F)(F)F)c1. The predicted molar refractivity (Wildman–Crippen MR) is 97.5 cm³/mol. The molecule has 0 spiro atoms. The molecule has 1 amide bonds. The minimum atomic E-state index is -4.48. The van der Waals surface area contributed by atoms with E-state index >= 15 is 0 Å². The van der Waals surface area contributed by atoms with E-state index < -0.39 is 17.6 Å². The highest BCUT2D eigenvalue weighted by molar-refractivity contribution is 7.99. The van der Waals surface area contributed by atoms with Crippen LogP contribution in [-0.2, 0) is 11.9 Å². The summed E-state index contributed by atoms with van der Waals surface area (Å²) in [5.41, 5.74) is 1.71. The maximum absolute atomic E-state index is 12.8. The van der Waals surface area contributed by atoms with Crippen molar-refractivity contribution in [3.8, 4) is 0 Å². The Kier molecular flexibility index (Phi) is 4.43. The number of alkyl halides is 3. The van der Waals surface area contributed by atoms with Crippen molar-refractivity contribution in [2.75, 3.05) is 5.32 Å². The van der Waals surface area contributed by atoms with Crippen molar-refractivity contribution in [1.29, 1.82) is 0 Å². The third-order valence-electron chi connectivity index (χ3n) is 4.32. The van der Waals surface area contributed by atoms with Crippen LogP contribution in [0.3, 0.4) is 0 Å². The van der Waals surface area contributed by atoms with E-state index in [0.717, 1.165) is 23.4 Å². The van der Waals surface area contributed by atoms with Crippen LogP contribution in [0.4, 0.5) is 18.9 Å². The highest BCUT2D eigenvalue weighted by Gasteiger charge is 2.31. The highest BCUT2D eigenvalue weighted by atomic mass is 32.2. The average molecular weight is 389 g/mol. The molecule has 0 radical (unpaired) electrons. The summed E-state index contributed by atoms with van der Waals surface area (Å²) < 4.78 is 40.6. The minimum absolute atomic E-state index is 0.0285. The molecule has 3 heterocycles. The van der Waals surface area contributed by atoms with Gasteiger partial charge in [0, 0.05) is 35.5 Å². The third-order valence-corrected chi connectivity index (χ3v) is 5.58. The smallest absolute Gasteiger partial charge is 0.332 e. The number of nitrogens with zero attached hydrogens (tertiary/aromatic N) is 2. The van der Waals surface area contributed by atoms with Gasteiger partial charge >= 0.3 is 6.18 Å². The largest absolute Gasteiger partial charge is 0.416 e. The molecule has 27 heavy (non-hydrogen) atoms. The number of thioether (sulfide) groups is 1. The first-order valence-electron chi connectivity index (χ1n) is 8.13. The number of hydrogen-bond donors (Lipinski definition) is 1. The van der Waals surface area contributed by atoms with Crippen molar-refractivity contribution in [1.82, 2.24) is 9.55 Å². The van der Waals surface area contributed by atoms with Gasteiger partial charge in [0.05, 0.1) is 16.9 Å². The summed E-state index contributed by atoms with van der Waals surface area (Å²) in [6.07, 6.45) is 0.893. The second-order valence-corrected chi connectivity index (χ2v) is 7.13. The second kappa shape index (κ2) is 6.77. The fraction of sp³-hybridized carbons (Fsp3) is 0.158. The summed E-state index contributed by atoms with van der Waals surface area (Å²) in [5.74, 6) is 0.120. The summed E-state index contributed by atoms with van der Waals surface area (Å²) in [4.78, 5) is 16.6. The summed E-state index contributed by atoms with van der Waals surface area (Å²) in [7, 11) is 0. The summed E-state index contributed by atoms with van der Waals surface area (Å²) >= 11 is 1.70. The molecule has 1 aliphatic rings. The van der Waals surface area contributed by atoms with Gasteiger partial charge in [-0.2, -0.15) is 13.2 Å². The number of aromatic nitrogens is 2. The number of carbonyl (C=O) groups is 1. The van der Waals surface area contributed by atoms with Crippen LogP contribution >= 0.6 is 11.8 Å². The van der Waals surface area contributed by atoms with E-state index in [4.69, 9.17) is 0 Å². The van der Waals surface area contributed by atoms with Crippen molar-refractivity contribution in [3.05, 3.63) is 83.4 Å². The van der Waals surface area contributed by atoms with Crippen LogP contribution in [0.1, 0.15) is 32.6 Å². The van der Waals surface area contributed by atoms with Gasteiger partial charge in [0.25, 0.3) is 5.91 Å². The van der Waals surface area contributed by atoms with E-state index in [0.29, 0.717) is 11.4 Å². The molecule has 0 aliphatic carbocycles. The lowest BCUT2D eigenvalue weighted by Gasteiger charge is -2.12. The van der Waals surface area contributed by atoms with Gasteiger partial charge in [0.2, 0.25) is 0 Å². The first-order valence-corrected chi connectivity index (χ1v) is 9.18. The van der Waals surface area contributed by atoms with Gasteiger partial charge in [0.15, 0.2) is 0 Å². The van der Waals surface area contributed by atoms with Crippen LogP contribution in [0, 0.1) is 0 Å². The van der Waals surface area contributed by atoms with Crippen LogP contribution in [0.2, 0.25) is 0 Å². The van der Waals surface area contributed by atoms with Crippen molar-refractivity contribution in [3.63, 3.8) is 0 Å². The zero-order valence-corrected chi connectivity index (χ0v) is 14.7. The normalized spacial score (nSPS) is 16.2. The highest BCUT2D eigenvalue weighted by Crippen LogP contribution is 2.43. The number of fused-ring (bicyclic) bond motifs is 1. The summed E-state index contributed by atoms with van der Waals surface area (Å²) in [6.45, 7) is 0. The van der Waals surface area contributed by atoms with E-state index in [1.807, 2.05) is 22.9 Å². The predicted octanol–water partition coefficient (Wildman–Crippen LogP) is 4.95. The maximum atomic E-state index is 12.8. The molecule has 0 bridgehead atoms. The van der Waals surface area contributed by atoms with Crippen LogP contribution in [0.5, 0.6) is 0 Å². The molecule has 0 saturated carbocycles. The molecule has 1 N–H and O–H groups in total. The number of carbonyl (C=O) groups excluding carboxylic acids is 1. The Morgan fingerprint density at radius 1 is 1.22 bits per heavy atom. The van der Waals surface area contributed by atoms with Gasteiger partial charge in [-0.1, -0.05) is 12.1 Å². The van der Waals surface area contributed by atoms with E-state index in [2.05, 4.69) is 10.3 Å². The molecule has 1 aliphatic heterocycles. The molecule has 2 aromatic heterocycles. The molecule has 0 fully saturated rings. The van der Waals surface area contributed by atoms with Gasteiger partial charge in [-0.25, -0.2) is 0 Å². The molecule has 8 heteroatoms. The molecule has 138 valence electrons. The molecular weight excluding hydrogens is 375 g/mol. The topological polar surface area (TPSA) is 46.9 Å². The number of amides is 1. The van der Waals surface area contributed by atoms with Crippen molar-refractivity contribution < 1.29 is 18.0 Å². The number of halogens is 3. The van der Waals surface area contributed by atoms with Gasteiger partial charge in [-0.15, -0.1) is 11.8 Å². The number of hydrogen-bond acceptors (Lipinski definition) is 3. The van der Waals surface area contributed by atoms with E-state index in [-0.39, 0.29) is 10.9 Å². The molecule has 3 aromatic rings. The third kappa shape index (κ3) is 3.44. The Morgan fingerprint density at radius 3 is 2.81 bits per heavy atom. The van der Waals surface area contributed by atoms with E-state index in [9.17, 15) is 18.0 Å². The van der Waals surface area contributed by atoms with E-state index in [1.165, 1.54) is 12.1 Å². The molecule has 1 aromatic carbocycles. The van der Waals surface area contributed by atoms with Crippen LogP contribution in [0.25, 0.3) is 0 Å². The van der Waals surface area contributed by atoms with Gasteiger partial charge in [0.1, 0.15) is 5.37 Å². The lowest BCUT2D eigenvalue weighted by molar-refractivity contribution is -0.137. The molecule has 0 saturated heterocycles. The van der Waals surface area contributed by atoms with Gasteiger partial charge in [-0.05, 0) is 30.3 Å². The Hall–Kier alpha value is -2.74. The quantitative estimate of drug-likeness (QED) is 0.690. The zero-order chi connectivity index (χ0) is 19.0. The first kappa shape index (κ1) is 17.7. The van der Waals surface area contributed by atoms with Crippen molar-refractivity contribution in [2.45, 2.75) is 17.3 Å². The van der Waals surface area contributed by atoms with E-state index in [1.54, 1.807) is 30.2 Å². The summed E-state index contributed by atoms with van der Waals surface area (Å²) in [6, 6.07) is 10.0. The number of nitrogens with one attached hydrogen (secondary N) is 1. The standard InChI is InChI=1S/C19H14F3N3OS/c20-19(21,22)14-5-1-3-12(9-14)17(26)24-15-6-8-25-16(15)11-27-18(25)13-4-2-7-23-10-13/h1-10,18H,11H2,(H,24,26). The molecule has 1 atom stereocenters. The fourth-order valence-corrected chi connectivity index (χ4v) is 4.32. The molecular formula is C19H14F3N3OS. The van der Waals surface area contributed by atoms with Crippen LogP contribution < -0.4 is 5.32 Å². The lowest BCUT2D eigenvalue weighted by atomic mass is 10.1. The number of benzene rings is 1. The number of pyridine rings is 1. The van der Waals surface area contributed by atoms with Crippen molar-refractivity contribution >= 4 is 23.4 Å². The Balaban J connectivity index is 1.56. The summed E-state index contributed by atoms with van der Waals surface area (Å²) in [5, 5.41) is 2.80. The Morgan fingerprint density at radius 2 is 2.07 bits per heavy atom. The average Bonchev–Trinajstić information content (AvgIpc) is 3.25. The Labute approximate surface area is 157 Å². The van der Waals surface area contributed by atoms with Gasteiger partial charge < -0.3 is 9.88 Å².